The van der Waals surface area contributed by atoms with Crippen molar-refractivity contribution in [2.75, 3.05) is 10.8 Å². The quantitative estimate of drug-likeness (QED) is 0.326. The molecule has 0 fully saturated rings. The Hall–Kier alpha value is -3.37. The van der Waals surface area contributed by atoms with E-state index in [1.165, 1.54) is 0 Å². The Morgan fingerprint density at radius 2 is 1.68 bits per heavy atom. The highest BCUT2D eigenvalue weighted by molar-refractivity contribution is 7.91. The molecule has 0 aliphatic carbocycles. The number of nitrogens with zero attached hydrogens (tertiary/aromatic N) is 2. The van der Waals surface area contributed by atoms with E-state index in [9.17, 15) is 22.3 Å². The van der Waals surface area contributed by atoms with Gasteiger partial charge in [-0.1, -0.05) is 56.0 Å². The molecule has 0 saturated heterocycles. The molecule has 1 heterocycles. The van der Waals surface area contributed by atoms with E-state index in [1.54, 1.807) is 18.2 Å². The molecular weight excluding hydrogens is 514 g/mol. The molecule has 3 aromatic rings. The highest BCUT2D eigenvalue weighted by Crippen LogP contribution is 2.38. The summed E-state index contributed by atoms with van der Waals surface area (Å²) in [6.45, 7) is 6.72. The number of hydrogen-bond donors (Lipinski definition) is 1. The van der Waals surface area contributed by atoms with Crippen molar-refractivity contribution in [3.8, 4) is 5.75 Å². The molecule has 4 rings (SSSR count). The van der Waals surface area contributed by atoms with E-state index in [0.29, 0.717) is 11.6 Å². The molecule has 0 aromatic heterocycles. The molecule has 196 valence electrons. The van der Waals surface area contributed by atoms with Crippen LogP contribution in [0.15, 0.2) is 78.8 Å². The van der Waals surface area contributed by atoms with Gasteiger partial charge in [-0.15, -0.1) is 0 Å². The average molecular weight is 545 g/mol. The third kappa shape index (κ3) is 6.31. The lowest BCUT2D eigenvalue weighted by molar-refractivity contribution is 0.294. The van der Waals surface area contributed by atoms with Gasteiger partial charge in [0.1, 0.15) is 29.7 Å². The van der Waals surface area contributed by atoms with E-state index >= 15 is 0 Å². The molecule has 0 spiro atoms. The molecule has 0 unspecified atom stereocenters. The topological polar surface area (TPSA) is 70.1 Å². The molecule has 1 aliphatic rings. The van der Waals surface area contributed by atoms with Crippen molar-refractivity contribution in [2.24, 2.45) is 0 Å². The van der Waals surface area contributed by atoms with Crippen LogP contribution >= 0.6 is 0 Å². The van der Waals surface area contributed by atoms with Gasteiger partial charge in [0.25, 0.3) is 0 Å². The summed E-state index contributed by atoms with van der Waals surface area (Å²) in [7, 11) is -5.66. The zero-order valence-corrected chi connectivity index (χ0v) is 22.8. The predicted molar refractivity (Wildman–Crippen MR) is 143 cm³/mol. The van der Waals surface area contributed by atoms with Crippen molar-refractivity contribution in [3.63, 3.8) is 0 Å². The fourth-order valence-corrected chi connectivity index (χ4v) is 6.42. The van der Waals surface area contributed by atoms with Gasteiger partial charge in [-0.05, 0) is 53.1 Å². The zero-order valence-electron chi connectivity index (χ0n) is 21.0. The van der Waals surface area contributed by atoms with Crippen LogP contribution in [-0.4, -0.2) is 32.4 Å². The Kier molecular flexibility index (Phi) is 7.61. The Balaban J connectivity index is 1.68. The summed E-state index contributed by atoms with van der Waals surface area (Å²) in [6, 6.07) is 18.1. The first-order valence-electron chi connectivity index (χ1n) is 11.9. The number of aliphatic hydroxyl groups is 1. The molecule has 1 aliphatic heterocycles. The van der Waals surface area contributed by atoms with Crippen molar-refractivity contribution in [1.82, 2.24) is 4.31 Å². The van der Waals surface area contributed by atoms with E-state index in [1.807, 2.05) is 30.3 Å². The Morgan fingerprint density at radius 3 is 2.38 bits per heavy atom. The average Bonchev–Trinajstić information content (AvgIpc) is 3.06. The Bertz CT molecular complexity index is 1410. The SMILES string of the molecule is C[Si](C)(C)CCN1C(O)=CN(c2ccc(Cc3cc(F)ccc3F)cc2OCc2ccccc2)S1(=O)=O. The largest absolute Gasteiger partial charge is 0.493 e. The molecule has 10 heteroatoms. The third-order valence-corrected chi connectivity index (χ3v) is 9.43. The number of aliphatic hydroxyl groups excluding tert-OH is 1. The van der Waals surface area contributed by atoms with Crippen molar-refractivity contribution in [3.05, 3.63) is 107 Å². The van der Waals surface area contributed by atoms with Crippen LogP contribution < -0.4 is 9.04 Å². The van der Waals surface area contributed by atoms with E-state index in [4.69, 9.17) is 4.74 Å². The van der Waals surface area contributed by atoms with Crippen LogP contribution in [0.2, 0.25) is 25.7 Å². The second-order valence-electron chi connectivity index (χ2n) is 10.2. The third-order valence-electron chi connectivity index (χ3n) is 5.98. The maximum atomic E-state index is 14.3. The molecule has 0 bridgehead atoms. The molecule has 0 amide bonds. The summed E-state index contributed by atoms with van der Waals surface area (Å²) in [6.07, 6.45) is 1.25. The van der Waals surface area contributed by atoms with Crippen LogP contribution in [-0.2, 0) is 23.2 Å². The van der Waals surface area contributed by atoms with Crippen molar-refractivity contribution in [2.45, 2.75) is 38.7 Å². The molecule has 3 aromatic carbocycles. The summed E-state index contributed by atoms with van der Waals surface area (Å²) >= 11 is 0. The van der Waals surface area contributed by atoms with Gasteiger partial charge in [0.05, 0.1) is 6.20 Å². The van der Waals surface area contributed by atoms with E-state index in [-0.39, 0.29) is 42.5 Å². The molecule has 37 heavy (non-hydrogen) atoms. The number of benzene rings is 3. The molecule has 0 atom stereocenters. The number of hydrogen-bond acceptors (Lipinski definition) is 4. The number of ether oxygens (including phenoxy) is 1. The molecule has 6 nitrogen and oxygen atoms in total. The highest BCUT2D eigenvalue weighted by atomic mass is 32.2. The van der Waals surface area contributed by atoms with Gasteiger partial charge in [-0.25, -0.2) is 17.4 Å². The predicted octanol–water partition coefficient (Wildman–Crippen LogP) is 6.20. The smallest absolute Gasteiger partial charge is 0.332 e. The summed E-state index contributed by atoms with van der Waals surface area (Å²) < 4.78 is 62.9. The summed E-state index contributed by atoms with van der Waals surface area (Å²) in [5, 5.41) is 10.5. The lowest BCUT2D eigenvalue weighted by Crippen LogP contribution is -2.37. The monoisotopic (exact) mass is 544 g/mol. The standard InChI is InChI=1S/C27H30F2N2O4SSi/c1-37(2,3)14-13-30-27(32)18-31(36(30,33)34)25-12-9-21(15-22-17-23(28)10-11-24(22)29)16-26(25)35-19-20-7-5-4-6-8-20/h4-12,16-18,32H,13-15,19H2,1-3H3. The molecule has 1 N–H and O–H groups in total. The van der Waals surface area contributed by atoms with Crippen LogP contribution in [0.4, 0.5) is 14.5 Å². The summed E-state index contributed by atoms with van der Waals surface area (Å²) in [4.78, 5) is 0. The fraction of sp³-hybridized carbons (Fsp3) is 0.259. The minimum atomic E-state index is -4.09. The number of anilines is 1. The first-order valence-corrected chi connectivity index (χ1v) is 17.0. The molecule has 0 radical (unpaired) electrons. The minimum absolute atomic E-state index is 0.0851. The zero-order chi connectivity index (χ0) is 26.8. The van der Waals surface area contributed by atoms with Gasteiger partial charge in [-0.3, -0.25) is 0 Å². The van der Waals surface area contributed by atoms with Gasteiger partial charge in [-0.2, -0.15) is 8.42 Å². The fourth-order valence-electron chi connectivity index (χ4n) is 3.92. The van der Waals surface area contributed by atoms with Crippen LogP contribution in [0, 0.1) is 11.6 Å². The first-order chi connectivity index (χ1) is 17.4. The van der Waals surface area contributed by atoms with Gasteiger partial charge < -0.3 is 9.84 Å². The second kappa shape index (κ2) is 10.5. The van der Waals surface area contributed by atoms with Crippen LogP contribution in [0.1, 0.15) is 16.7 Å². The summed E-state index contributed by atoms with van der Waals surface area (Å²) in [5.41, 5.74) is 1.86. The van der Waals surface area contributed by atoms with E-state index < -0.39 is 29.9 Å². The van der Waals surface area contributed by atoms with Crippen LogP contribution in [0.25, 0.3) is 0 Å². The van der Waals surface area contributed by atoms with Gasteiger partial charge in [0, 0.05) is 21.0 Å². The van der Waals surface area contributed by atoms with Gasteiger partial charge >= 0.3 is 10.2 Å². The molecular formula is C27H30F2N2O4SSi. The number of halogens is 2. The van der Waals surface area contributed by atoms with Crippen molar-refractivity contribution >= 4 is 24.0 Å². The highest BCUT2D eigenvalue weighted by Gasteiger charge is 2.39. The minimum Gasteiger partial charge on any atom is -0.493 e. The number of rotatable bonds is 9. The lowest BCUT2D eigenvalue weighted by Gasteiger charge is -2.25. The Labute approximate surface area is 217 Å². The molecule has 0 saturated carbocycles. The maximum absolute atomic E-state index is 14.3. The second-order valence-corrected chi connectivity index (χ2v) is 17.5. The Morgan fingerprint density at radius 1 is 0.946 bits per heavy atom. The van der Waals surface area contributed by atoms with Crippen LogP contribution in [0.5, 0.6) is 5.75 Å². The van der Waals surface area contributed by atoms with E-state index in [2.05, 4.69) is 19.6 Å². The first kappa shape index (κ1) is 26.7. The van der Waals surface area contributed by atoms with Gasteiger partial charge in [0.15, 0.2) is 0 Å². The van der Waals surface area contributed by atoms with Gasteiger partial charge in [0.2, 0.25) is 5.88 Å². The van der Waals surface area contributed by atoms with Crippen molar-refractivity contribution in [1.29, 1.82) is 0 Å². The van der Waals surface area contributed by atoms with Crippen LogP contribution in [0.3, 0.4) is 0 Å². The summed E-state index contributed by atoms with van der Waals surface area (Å²) in [5.74, 6) is -1.21. The van der Waals surface area contributed by atoms with E-state index in [0.717, 1.165) is 38.6 Å². The van der Waals surface area contributed by atoms with Crippen molar-refractivity contribution < 1.29 is 27.0 Å². The normalized spacial score (nSPS) is 15.1. The lowest BCUT2D eigenvalue weighted by atomic mass is 10.0. The maximum Gasteiger partial charge on any atom is 0.332 e.